The molecule has 0 fully saturated rings. The van der Waals surface area contributed by atoms with E-state index < -0.39 is 17.7 Å². The van der Waals surface area contributed by atoms with Gasteiger partial charge in [-0.2, -0.15) is 0 Å². The summed E-state index contributed by atoms with van der Waals surface area (Å²) in [6.45, 7) is 2.00. The van der Waals surface area contributed by atoms with Gasteiger partial charge in [-0.15, -0.1) is 0 Å². The summed E-state index contributed by atoms with van der Waals surface area (Å²) in [7, 11) is 0. The highest BCUT2D eigenvalue weighted by atomic mass is 19.1. The van der Waals surface area contributed by atoms with Gasteiger partial charge < -0.3 is 5.11 Å². The number of aliphatic hydroxyl groups is 1. The summed E-state index contributed by atoms with van der Waals surface area (Å²) in [5.41, 5.74) is 0.316. The van der Waals surface area contributed by atoms with Gasteiger partial charge in [0.15, 0.2) is 0 Å². The molecule has 1 aromatic carbocycles. The van der Waals surface area contributed by atoms with Crippen molar-refractivity contribution in [3.05, 3.63) is 35.4 Å². The number of halogens is 2. The summed E-state index contributed by atoms with van der Waals surface area (Å²) in [4.78, 5) is 0. The van der Waals surface area contributed by atoms with Gasteiger partial charge in [-0.25, -0.2) is 8.78 Å². The number of hydrogen-bond acceptors (Lipinski definition) is 1. The molecule has 0 bridgehead atoms. The van der Waals surface area contributed by atoms with Crippen LogP contribution in [-0.2, 0) is 0 Å². The van der Waals surface area contributed by atoms with E-state index in [-0.39, 0.29) is 0 Å². The monoisotopic (exact) mass is 200 g/mol. The standard InChI is InChI=1S/C11H14F2O/c1-2-3-4-11(14)8-5-9(12)7-10(13)6-8/h5-7,11,14H,2-4H2,1H3. The molecule has 78 valence electrons. The average molecular weight is 200 g/mol. The minimum atomic E-state index is -0.764. The normalized spacial score (nSPS) is 12.9. The van der Waals surface area contributed by atoms with Crippen LogP contribution in [0.3, 0.4) is 0 Å². The summed E-state index contributed by atoms with van der Waals surface area (Å²) in [5.74, 6) is -1.29. The van der Waals surface area contributed by atoms with Gasteiger partial charge in [0.2, 0.25) is 0 Å². The molecule has 0 aliphatic carbocycles. The predicted octanol–water partition coefficient (Wildman–Crippen LogP) is 3.19. The molecule has 0 aromatic heterocycles. The Bertz CT molecular complexity index is 279. The molecule has 3 heteroatoms. The van der Waals surface area contributed by atoms with Crippen LogP contribution in [0.5, 0.6) is 0 Å². The maximum absolute atomic E-state index is 12.8. The van der Waals surface area contributed by atoms with Gasteiger partial charge >= 0.3 is 0 Å². The van der Waals surface area contributed by atoms with E-state index in [2.05, 4.69) is 0 Å². The highest BCUT2D eigenvalue weighted by molar-refractivity contribution is 5.19. The Morgan fingerprint density at radius 3 is 2.29 bits per heavy atom. The largest absolute Gasteiger partial charge is 0.388 e. The first-order valence-corrected chi connectivity index (χ1v) is 4.77. The molecular formula is C11H14F2O. The van der Waals surface area contributed by atoms with Crippen molar-refractivity contribution in [3.63, 3.8) is 0 Å². The predicted molar refractivity (Wildman–Crippen MR) is 50.8 cm³/mol. The molecule has 0 spiro atoms. The third-order valence-electron chi connectivity index (χ3n) is 2.10. The second kappa shape index (κ2) is 5.05. The van der Waals surface area contributed by atoms with Crippen molar-refractivity contribution in [2.75, 3.05) is 0 Å². The third kappa shape index (κ3) is 3.07. The molecule has 1 nitrogen and oxygen atoms in total. The molecule has 14 heavy (non-hydrogen) atoms. The zero-order valence-corrected chi connectivity index (χ0v) is 8.13. The fourth-order valence-corrected chi connectivity index (χ4v) is 1.33. The summed E-state index contributed by atoms with van der Waals surface area (Å²) in [6.07, 6.45) is 1.58. The molecule has 0 amide bonds. The summed E-state index contributed by atoms with van der Waals surface area (Å²) in [6, 6.07) is 3.14. The number of unbranched alkanes of at least 4 members (excludes halogenated alkanes) is 1. The van der Waals surface area contributed by atoms with Crippen LogP contribution in [0, 0.1) is 11.6 Å². The van der Waals surface area contributed by atoms with Crippen LogP contribution in [-0.4, -0.2) is 5.11 Å². The van der Waals surface area contributed by atoms with Crippen LogP contribution >= 0.6 is 0 Å². The van der Waals surface area contributed by atoms with Crippen molar-refractivity contribution in [2.24, 2.45) is 0 Å². The Kier molecular flexibility index (Phi) is 4.01. The summed E-state index contributed by atoms with van der Waals surface area (Å²) >= 11 is 0. The Morgan fingerprint density at radius 2 is 1.79 bits per heavy atom. The van der Waals surface area contributed by atoms with Crippen molar-refractivity contribution in [1.29, 1.82) is 0 Å². The van der Waals surface area contributed by atoms with Crippen molar-refractivity contribution in [2.45, 2.75) is 32.3 Å². The van der Waals surface area contributed by atoms with Crippen molar-refractivity contribution in [1.82, 2.24) is 0 Å². The van der Waals surface area contributed by atoms with E-state index in [1.54, 1.807) is 0 Å². The first kappa shape index (κ1) is 11.1. The number of benzene rings is 1. The second-order valence-electron chi connectivity index (χ2n) is 3.36. The molecule has 0 heterocycles. The van der Waals surface area contributed by atoms with E-state index in [9.17, 15) is 13.9 Å². The number of aliphatic hydroxyl groups excluding tert-OH is 1. The molecule has 0 saturated heterocycles. The Labute approximate surface area is 82.4 Å². The van der Waals surface area contributed by atoms with Crippen LogP contribution in [0.15, 0.2) is 18.2 Å². The fraction of sp³-hybridized carbons (Fsp3) is 0.455. The zero-order valence-electron chi connectivity index (χ0n) is 8.13. The van der Waals surface area contributed by atoms with E-state index in [0.717, 1.165) is 18.9 Å². The lowest BCUT2D eigenvalue weighted by Gasteiger charge is -2.10. The maximum Gasteiger partial charge on any atom is 0.126 e. The Hall–Kier alpha value is -0.960. The average Bonchev–Trinajstić information content (AvgIpc) is 2.12. The van der Waals surface area contributed by atoms with Crippen LogP contribution < -0.4 is 0 Å². The zero-order chi connectivity index (χ0) is 10.6. The number of rotatable bonds is 4. The smallest absolute Gasteiger partial charge is 0.126 e. The molecule has 0 aliphatic rings. The van der Waals surface area contributed by atoms with Gasteiger partial charge in [0.1, 0.15) is 11.6 Å². The number of hydrogen-bond donors (Lipinski definition) is 1. The van der Waals surface area contributed by atoms with Gasteiger partial charge in [0, 0.05) is 6.07 Å². The molecule has 1 aromatic rings. The van der Waals surface area contributed by atoms with Crippen LogP contribution in [0.1, 0.15) is 37.9 Å². The van der Waals surface area contributed by atoms with Gasteiger partial charge in [-0.1, -0.05) is 19.8 Å². The van der Waals surface area contributed by atoms with E-state index in [1.807, 2.05) is 6.92 Å². The molecule has 1 rings (SSSR count). The van der Waals surface area contributed by atoms with E-state index in [0.29, 0.717) is 12.0 Å². The molecule has 1 N–H and O–H groups in total. The lowest BCUT2D eigenvalue weighted by atomic mass is 10.0. The third-order valence-corrected chi connectivity index (χ3v) is 2.10. The topological polar surface area (TPSA) is 20.2 Å². The molecule has 0 aliphatic heterocycles. The lowest BCUT2D eigenvalue weighted by Crippen LogP contribution is -1.98. The van der Waals surface area contributed by atoms with Gasteiger partial charge in [-0.05, 0) is 24.1 Å². The van der Waals surface area contributed by atoms with Gasteiger partial charge in [0.05, 0.1) is 6.10 Å². The van der Waals surface area contributed by atoms with Crippen LogP contribution in [0.25, 0.3) is 0 Å². The Balaban J connectivity index is 2.73. The molecule has 0 saturated carbocycles. The van der Waals surface area contributed by atoms with E-state index in [1.165, 1.54) is 12.1 Å². The maximum atomic E-state index is 12.8. The van der Waals surface area contributed by atoms with Crippen LogP contribution in [0.4, 0.5) is 8.78 Å². The quantitative estimate of drug-likeness (QED) is 0.791. The van der Waals surface area contributed by atoms with Gasteiger partial charge in [-0.3, -0.25) is 0 Å². The Morgan fingerprint density at radius 1 is 1.21 bits per heavy atom. The minimum absolute atomic E-state index is 0.316. The van der Waals surface area contributed by atoms with Gasteiger partial charge in [0.25, 0.3) is 0 Å². The molecule has 1 atom stereocenters. The second-order valence-corrected chi connectivity index (χ2v) is 3.36. The summed E-state index contributed by atoms with van der Waals surface area (Å²) < 4.78 is 25.5. The lowest BCUT2D eigenvalue weighted by molar-refractivity contribution is 0.163. The summed E-state index contributed by atoms with van der Waals surface area (Å²) in [5, 5.41) is 9.57. The van der Waals surface area contributed by atoms with Crippen molar-refractivity contribution >= 4 is 0 Å². The highest BCUT2D eigenvalue weighted by Gasteiger charge is 2.09. The SMILES string of the molecule is CCCCC(O)c1cc(F)cc(F)c1. The van der Waals surface area contributed by atoms with Crippen molar-refractivity contribution in [3.8, 4) is 0 Å². The minimum Gasteiger partial charge on any atom is -0.388 e. The van der Waals surface area contributed by atoms with E-state index >= 15 is 0 Å². The van der Waals surface area contributed by atoms with Crippen molar-refractivity contribution < 1.29 is 13.9 Å². The first-order valence-electron chi connectivity index (χ1n) is 4.77. The fourth-order valence-electron chi connectivity index (χ4n) is 1.33. The molecule has 0 radical (unpaired) electrons. The molecular weight excluding hydrogens is 186 g/mol. The molecule has 1 unspecified atom stereocenters. The van der Waals surface area contributed by atoms with Crippen LogP contribution in [0.2, 0.25) is 0 Å². The highest BCUT2D eigenvalue weighted by Crippen LogP contribution is 2.20. The van der Waals surface area contributed by atoms with E-state index in [4.69, 9.17) is 0 Å². The first-order chi connectivity index (χ1) is 6.63.